The summed E-state index contributed by atoms with van der Waals surface area (Å²) in [7, 11) is 3.59. The van der Waals surface area contributed by atoms with Crippen LogP contribution in [0.1, 0.15) is 21.9 Å². The quantitative estimate of drug-likeness (QED) is 0.830. The molecule has 21 heavy (non-hydrogen) atoms. The van der Waals surface area contributed by atoms with Crippen LogP contribution in [0, 0.1) is 11.8 Å². The molecular weight excluding hydrogens is 268 g/mol. The number of aliphatic hydroxyl groups is 1. The van der Waals surface area contributed by atoms with Crippen molar-refractivity contribution in [3.8, 4) is 11.8 Å². The highest BCUT2D eigenvalue weighted by atomic mass is 16.2. The van der Waals surface area contributed by atoms with Crippen LogP contribution in [0.2, 0.25) is 0 Å². The third kappa shape index (κ3) is 3.68. The summed E-state index contributed by atoms with van der Waals surface area (Å²) in [5.74, 6) is 5.89. The molecule has 0 aliphatic rings. The van der Waals surface area contributed by atoms with E-state index in [1.807, 2.05) is 17.8 Å². The molecule has 0 aliphatic heterocycles. The Balaban J connectivity index is 2.07. The highest BCUT2D eigenvalue weighted by Crippen LogP contribution is 2.06. The lowest BCUT2D eigenvalue weighted by molar-refractivity contribution is 0.0774. The van der Waals surface area contributed by atoms with E-state index in [0.717, 1.165) is 5.82 Å². The maximum Gasteiger partial charge on any atom is 0.272 e. The van der Waals surface area contributed by atoms with Crippen LogP contribution in [0.25, 0.3) is 0 Å². The van der Waals surface area contributed by atoms with Gasteiger partial charge in [-0.3, -0.25) is 4.79 Å². The van der Waals surface area contributed by atoms with Gasteiger partial charge in [-0.2, -0.15) is 0 Å². The molecule has 0 atom stereocenters. The van der Waals surface area contributed by atoms with Crippen LogP contribution in [-0.2, 0) is 13.6 Å². The Hall–Kier alpha value is -2.65. The molecule has 0 aliphatic carbocycles. The normalized spacial score (nSPS) is 9.86. The lowest BCUT2D eigenvalue weighted by atomic mass is 10.2. The topological polar surface area (TPSA) is 71.2 Å². The van der Waals surface area contributed by atoms with Gasteiger partial charge in [-0.25, -0.2) is 9.97 Å². The van der Waals surface area contributed by atoms with Gasteiger partial charge >= 0.3 is 0 Å². The molecule has 0 bridgehead atoms. The standard InChI is InChI=1S/C15H16N4O2/c1-18-8-7-16-14(18)11-19(2)15(21)13-6-5-12(10-17-13)4-3-9-20/h5-8,10,20H,9,11H2,1-2H3. The third-order valence-corrected chi connectivity index (χ3v) is 2.94. The van der Waals surface area contributed by atoms with Crippen molar-refractivity contribution in [2.45, 2.75) is 6.54 Å². The lowest BCUT2D eigenvalue weighted by Crippen LogP contribution is -2.28. The number of pyridine rings is 1. The van der Waals surface area contributed by atoms with Crippen LogP contribution in [-0.4, -0.2) is 44.1 Å². The molecule has 2 heterocycles. The Morgan fingerprint density at radius 2 is 2.24 bits per heavy atom. The van der Waals surface area contributed by atoms with Crippen molar-refractivity contribution in [3.05, 3.63) is 47.8 Å². The second-order valence-electron chi connectivity index (χ2n) is 4.51. The lowest BCUT2D eigenvalue weighted by Gasteiger charge is -2.16. The van der Waals surface area contributed by atoms with Crippen molar-refractivity contribution < 1.29 is 9.90 Å². The largest absolute Gasteiger partial charge is 0.384 e. The predicted octanol–water partition coefficient (Wildman–Crippen LogP) is 0.431. The Kier molecular flexibility index (Phi) is 4.69. The van der Waals surface area contributed by atoms with Crippen molar-refractivity contribution in [2.24, 2.45) is 7.05 Å². The number of aliphatic hydroxyl groups excluding tert-OH is 1. The number of carbonyl (C=O) groups excluding carboxylic acids is 1. The molecule has 0 saturated heterocycles. The average molecular weight is 284 g/mol. The van der Waals surface area contributed by atoms with Gasteiger partial charge in [0.25, 0.3) is 5.91 Å². The summed E-state index contributed by atoms with van der Waals surface area (Å²) in [6, 6.07) is 3.33. The summed E-state index contributed by atoms with van der Waals surface area (Å²) in [5, 5.41) is 8.63. The maximum atomic E-state index is 12.3. The van der Waals surface area contributed by atoms with Crippen LogP contribution >= 0.6 is 0 Å². The highest BCUT2D eigenvalue weighted by molar-refractivity contribution is 5.92. The Labute approximate surface area is 123 Å². The first kappa shape index (κ1) is 14.8. The number of imidazole rings is 1. The molecule has 2 aromatic rings. The summed E-state index contributed by atoms with van der Waals surface area (Å²) in [4.78, 5) is 22.1. The van der Waals surface area contributed by atoms with E-state index < -0.39 is 0 Å². The average Bonchev–Trinajstić information content (AvgIpc) is 2.90. The Bertz CT molecular complexity index is 680. The predicted molar refractivity (Wildman–Crippen MR) is 77.2 cm³/mol. The summed E-state index contributed by atoms with van der Waals surface area (Å²) in [5.41, 5.74) is 1.01. The van der Waals surface area contributed by atoms with Gasteiger partial charge in [-0.1, -0.05) is 11.8 Å². The monoisotopic (exact) mass is 284 g/mol. The van der Waals surface area contributed by atoms with E-state index in [-0.39, 0.29) is 12.5 Å². The molecule has 6 nitrogen and oxygen atoms in total. The molecule has 0 fully saturated rings. The van der Waals surface area contributed by atoms with E-state index in [1.165, 1.54) is 6.20 Å². The van der Waals surface area contributed by atoms with Crippen molar-refractivity contribution in [2.75, 3.05) is 13.7 Å². The van der Waals surface area contributed by atoms with Gasteiger partial charge in [-0.05, 0) is 12.1 Å². The zero-order valence-corrected chi connectivity index (χ0v) is 11.9. The van der Waals surface area contributed by atoms with Crippen molar-refractivity contribution in [1.82, 2.24) is 19.4 Å². The second kappa shape index (κ2) is 6.68. The Morgan fingerprint density at radius 3 is 2.81 bits per heavy atom. The van der Waals surface area contributed by atoms with Gasteiger partial charge < -0.3 is 14.6 Å². The summed E-state index contributed by atoms with van der Waals surface area (Å²) < 4.78 is 1.87. The smallest absolute Gasteiger partial charge is 0.272 e. The fraction of sp³-hybridized carbons (Fsp3) is 0.267. The van der Waals surface area contributed by atoms with Crippen LogP contribution in [0.4, 0.5) is 0 Å². The van der Waals surface area contributed by atoms with Gasteiger partial charge in [0.05, 0.1) is 6.54 Å². The minimum Gasteiger partial charge on any atom is -0.384 e. The van der Waals surface area contributed by atoms with Gasteiger partial charge in [0.1, 0.15) is 18.1 Å². The molecule has 0 spiro atoms. The summed E-state index contributed by atoms with van der Waals surface area (Å²) in [6.45, 7) is 0.211. The minimum absolute atomic E-state index is 0.181. The first-order chi connectivity index (χ1) is 10.1. The van der Waals surface area contributed by atoms with Gasteiger partial charge in [0.2, 0.25) is 0 Å². The highest BCUT2D eigenvalue weighted by Gasteiger charge is 2.14. The fourth-order valence-corrected chi connectivity index (χ4v) is 1.76. The molecule has 1 N–H and O–H groups in total. The molecule has 108 valence electrons. The zero-order chi connectivity index (χ0) is 15.2. The first-order valence-corrected chi connectivity index (χ1v) is 6.39. The molecule has 0 unspecified atom stereocenters. The number of amides is 1. The second-order valence-corrected chi connectivity index (χ2v) is 4.51. The fourth-order valence-electron chi connectivity index (χ4n) is 1.76. The number of carbonyl (C=O) groups is 1. The van der Waals surface area contributed by atoms with Crippen molar-refractivity contribution in [3.63, 3.8) is 0 Å². The van der Waals surface area contributed by atoms with Gasteiger partial charge in [0, 0.05) is 38.2 Å². The van der Waals surface area contributed by atoms with Crippen molar-refractivity contribution >= 4 is 5.91 Å². The molecule has 6 heteroatoms. The van der Waals surface area contributed by atoms with E-state index in [9.17, 15) is 4.79 Å². The molecular formula is C15H16N4O2. The molecule has 2 rings (SSSR count). The number of hydrogen-bond acceptors (Lipinski definition) is 4. The summed E-state index contributed by atoms with van der Waals surface area (Å²) in [6.07, 6.45) is 5.05. The number of aryl methyl sites for hydroxylation is 1. The first-order valence-electron chi connectivity index (χ1n) is 6.39. The van der Waals surface area contributed by atoms with Crippen molar-refractivity contribution in [1.29, 1.82) is 0 Å². The Morgan fingerprint density at radius 1 is 1.43 bits per heavy atom. The van der Waals surface area contributed by atoms with Crippen LogP contribution < -0.4 is 0 Å². The van der Waals surface area contributed by atoms with Gasteiger partial charge in [0.15, 0.2) is 0 Å². The van der Waals surface area contributed by atoms with E-state index in [4.69, 9.17) is 5.11 Å². The van der Waals surface area contributed by atoms with E-state index in [2.05, 4.69) is 21.8 Å². The zero-order valence-electron chi connectivity index (χ0n) is 11.9. The SMILES string of the molecule is CN(Cc1nccn1C)C(=O)c1ccc(C#CCO)cn1. The minimum atomic E-state index is -0.201. The number of nitrogens with zero attached hydrogens (tertiary/aromatic N) is 4. The van der Waals surface area contributed by atoms with Crippen LogP contribution in [0.15, 0.2) is 30.7 Å². The molecule has 1 amide bonds. The van der Waals surface area contributed by atoms with E-state index >= 15 is 0 Å². The molecule has 0 radical (unpaired) electrons. The molecule has 0 saturated carbocycles. The molecule has 2 aromatic heterocycles. The van der Waals surface area contributed by atoms with Crippen LogP contribution in [0.5, 0.6) is 0 Å². The number of hydrogen-bond donors (Lipinski definition) is 1. The van der Waals surface area contributed by atoms with E-state index in [1.54, 1.807) is 30.3 Å². The maximum absolute atomic E-state index is 12.3. The third-order valence-electron chi connectivity index (χ3n) is 2.94. The van der Waals surface area contributed by atoms with Crippen LogP contribution in [0.3, 0.4) is 0 Å². The number of aromatic nitrogens is 3. The molecule has 0 aromatic carbocycles. The number of rotatable bonds is 3. The summed E-state index contributed by atoms with van der Waals surface area (Å²) >= 11 is 0. The van der Waals surface area contributed by atoms with Gasteiger partial charge in [-0.15, -0.1) is 0 Å². The van der Waals surface area contributed by atoms with E-state index in [0.29, 0.717) is 17.8 Å².